The molecule has 2 aromatic carbocycles. The van der Waals surface area contributed by atoms with Crippen LogP contribution in [0.25, 0.3) is 21.2 Å². The Labute approximate surface area is 163 Å². The van der Waals surface area contributed by atoms with E-state index in [-0.39, 0.29) is 11.5 Å². The molecule has 4 rings (SSSR count). The Morgan fingerprint density at radius 3 is 2.75 bits per heavy atom. The van der Waals surface area contributed by atoms with E-state index in [1.54, 1.807) is 49.4 Å². The van der Waals surface area contributed by atoms with E-state index in [9.17, 15) is 14.4 Å². The second kappa shape index (κ2) is 7.24. The van der Waals surface area contributed by atoms with Gasteiger partial charge in [-0.1, -0.05) is 36.5 Å². The summed E-state index contributed by atoms with van der Waals surface area (Å²) < 4.78 is 6.08. The van der Waals surface area contributed by atoms with Crippen molar-refractivity contribution in [3.05, 3.63) is 64.5 Å². The average Bonchev–Trinajstić information content (AvgIpc) is 3.08. The van der Waals surface area contributed by atoms with E-state index in [4.69, 9.17) is 4.42 Å². The van der Waals surface area contributed by atoms with Crippen LogP contribution in [0.1, 0.15) is 23.7 Å². The van der Waals surface area contributed by atoms with Crippen molar-refractivity contribution < 1.29 is 14.0 Å². The molecule has 8 heteroatoms. The first-order valence-corrected chi connectivity index (χ1v) is 9.40. The summed E-state index contributed by atoms with van der Waals surface area (Å²) in [6, 6.07) is 13.7. The fraction of sp³-hybridized carbons (Fsp3) is 0.100. The summed E-state index contributed by atoms with van der Waals surface area (Å²) in [6.45, 7) is 1.76. The monoisotopic (exact) mass is 393 g/mol. The Morgan fingerprint density at radius 1 is 1.11 bits per heavy atom. The van der Waals surface area contributed by atoms with Crippen molar-refractivity contribution in [1.82, 2.24) is 4.98 Å². The third-order valence-corrected chi connectivity index (χ3v) is 5.05. The summed E-state index contributed by atoms with van der Waals surface area (Å²) in [5.41, 5.74) is 0.779. The molecule has 2 N–H and O–H groups in total. The molecule has 2 amide bonds. The molecule has 140 valence electrons. The van der Waals surface area contributed by atoms with Crippen LogP contribution in [0, 0.1) is 0 Å². The van der Waals surface area contributed by atoms with Crippen LogP contribution in [0.4, 0.5) is 10.8 Å². The van der Waals surface area contributed by atoms with Crippen molar-refractivity contribution in [3.8, 4) is 0 Å². The van der Waals surface area contributed by atoms with Crippen LogP contribution >= 0.6 is 11.3 Å². The van der Waals surface area contributed by atoms with Crippen molar-refractivity contribution in [2.75, 3.05) is 10.6 Å². The number of amides is 2. The van der Waals surface area contributed by atoms with Gasteiger partial charge in [-0.05, 0) is 30.3 Å². The van der Waals surface area contributed by atoms with Gasteiger partial charge in [-0.25, -0.2) is 9.78 Å². The van der Waals surface area contributed by atoms with Crippen LogP contribution in [0.15, 0.2) is 57.7 Å². The zero-order valence-electron chi connectivity index (χ0n) is 14.8. The zero-order chi connectivity index (χ0) is 19.7. The van der Waals surface area contributed by atoms with Crippen LogP contribution in [-0.4, -0.2) is 16.8 Å². The number of fused-ring (bicyclic) bond motifs is 2. The zero-order valence-corrected chi connectivity index (χ0v) is 15.6. The molecule has 0 aliphatic heterocycles. The van der Waals surface area contributed by atoms with Crippen molar-refractivity contribution in [2.24, 2.45) is 0 Å². The highest BCUT2D eigenvalue weighted by molar-refractivity contribution is 7.22. The second-order valence-corrected chi connectivity index (χ2v) is 7.07. The minimum absolute atomic E-state index is 0.0760. The molecule has 7 nitrogen and oxygen atoms in total. The molecule has 0 aliphatic rings. The molecule has 0 fully saturated rings. The van der Waals surface area contributed by atoms with Gasteiger partial charge in [0.05, 0.1) is 10.2 Å². The Kier molecular flexibility index (Phi) is 4.62. The highest BCUT2D eigenvalue weighted by atomic mass is 32.1. The SMILES string of the molecule is CCC(=O)Nc1nc2cc(NC(=O)c3cc4ccccc4oc3=O)ccc2s1. The van der Waals surface area contributed by atoms with Gasteiger partial charge >= 0.3 is 5.63 Å². The van der Waals surface area contributed by atoms with Crippen LogP contribution in [0.2, 0.25) is 0 Å². The van der Waals surface area contributed by atoms with E-state index in [0.717, 1.165) is 4.70 Å². The first kappa shape index (κ1) is 17.9. The topological polar surface area (TPSA) is 101 Å². The second-order valence-electron chi connectivity index (χ2n) is 6.04. The van der Waals surface area contributed by atoms with E-state index in [2.05, 4.69) is 15.6 Å². The van der Waals surface area contributed by atoms with E-state index in [0.29, 0.717) is 33.7 Å². The first-order chi connectivity index (χ1) is 13.5. The number of nitrogens with zero attached hydrogens (tertiary/aromatic N) is 1. The maximum atomic E-state index is 12.6. The number of thiazole rings is 1. The van der Waals surface area contributed by atoms with E-state index in [1.165, 1.54) is 17.4 Å². The van der Waals surface area contributed by atoms with Crippen molar-refractivity contribution in [2.45, 2.75) is 13.3 Å². The van der Waals surface area contributed by atoms with Crippen molar-refractivity contribution in [3.63, 3.8) is 0 Å². The molecule has 2 aromatic heterocycles. The number of benzene rings is 2. The van der Waals surface area contributed by atoms with Gasteiger partial charge in [0.15, 0.2) is 5.13 Å². The fourth-order valence-corrected chi connectivity index (χ4v) is 3.55. The molecule has 28 heavy (non-hydrogen) atoms. The Balaban J connectivity index is 1.60. The van der Waals surface area contributed by atoms with Crippen LogP contribution in [0.3, 0.4) is 0 Å². The molecular formula is C20H15N3O4S. The maximum Gasteiger partial charge on any atom is 0.349 e. The number of para-hydroxylation sites is 1. The fourth-order valence-electron chi connectivity index (χ4n) is 2.68. The first-order valence-electron chi connectivity index (χ1n) is 8.58. The van der Waals surface area contributed by atoms with Gasteiger partial charge in [0, 0.05) is 17.5 Å². The summed E-state index contributed by atoms with van der Waals surface area (Å²) in [5, 5.41) is 6.58. The van der Waals surface area contributed by atoms with Gasteiger partial charge in [0.2, 0.25) is 5.91 Å². The molecule has 0 bridgehead atoms. The van der Waals surface area contributed by atoms with Gasteiger partial charge in [0.1, 0.15) is 11.1 Å². The molecule has 2 heterocycles. The highest BCUT2D eigenvalue weighted by Crippen LogP contribution is 2.28. The minimum atomic E-state index is -0.699. The molecule has 0 saturated heterocycles. The summed E-state index contributed by atoms with van der Waals surface area (Å²) in [7, 11) is 0. The molecule has 0 atom stereocenters. The third-order valence-electron chi connectivity index (χ3n) is 4.10. The number of nitrogens with one attached hydrogen (secondary N) is 2. The predicted molar refractivity (Wildman–Crippen MR) is 109 cm³/mol. The minimum Gasteiger partial charge on any atom is -0.422 e. The third kappa shape index (κ3) is 3.49. The van der Waals surface area contributed by atoms with Gasteiger partial charge in [-0.2, -0.15) is 0 Å². The number of rotatable bonds is 4. The molecule has 0 aliphatic carbocycles. The van der Waals surface area contributed by atoms with Crippen molar-refractivity contribution in [1.29, 1.82) is 0 Å². The Hall–Kier alpha value is -3.52. The Bertz CT molecular complexity index is 1280. The number of hydrogen-bond acceptors (Lipinski definition) is 6. The summed E-state index contributed by atoms with van der Waals surface area (Å²) >= 11 is 1.35. The molecule has 0 spiro atoms. The largest absolute Gasteiger partial charge is 0.422 e. The van der Waals surface area contributed by atoms with E-state index >= 15 is 0 Å². The van der Waals surface area contributed by atoms with Gasteiger partial charge in [-0.3, -0.25) is 9.59 Å². The lowest BCUT2D eigenvalue weighted by Gasteiger charge is -2.05. The van der Waals surface area contributed by atoms with Gasteiger partial charge in [0.25, 0.3) is 5.91 Å². The number of aromatic nitrogens is 1. The molecule has 0 radical (unpaired) electrons. The van der Waals surface area contributed by atoms with Crippen LogP contribution < -0.4 is 16.3 Å². The molecular weight excluding hydrogens is 378 g/mol. The van der Waals surface area contributed by atoms with Gasteiger partial charge in [-0.15, -0.1) is 0 Å². The molecule has 4 aromatic rings. The number of carbonyl (C=O) groups excluding carboxylic acids is 2. The smallest absolute Gasteiger partial charge is 0.349 e. The molecule has 0 unspecified atom stereocenters. The lowest BCUT2D eigenvalue weighted by Crippen LogP contribution is -2.20. The summed E-state index contributed by atoms with van der Waals surface area (Å²) in [6.07, 6.45) is 0.367. The van der Waals surface area contributed by atoms with Crippen LogP contribution in [0.5, 0.6) is 0 Å². The van der Waals surface area contributed by atoms with Gasteiger partial charge < -0.3 is 15.1 Å². The standard InChI is InChI=1S/C20H15N3O4S/c1-2-17(24)23-20-22-14-10-12(7-8-16(14)28-20)21-18(25)13-9-11-5-3-4-6-15(11)27-19(13)26/h3-10H,2H2,1H3,(H,21,25)(H,22,23,24). The van der Waals surface area contributed by atoms with Crippen LogP contribution in [-0.2, 0) is 4.79 Å². The summed E-state index contributed by atoms with van der Waals surface area (Å²) in [4.78, 5) is 40.6. The maximum absolute atomic E-state index is 12.6. The lowest BCUT2D eigenvalue weighted by molar-refractivity contribution is -0.115. The lowest BCUT2D eigenvalue weighted by atomic mass is 10.1. The van der Waals surface area contributed by atoms with E-state index < -0.39 is 11.5 Å². The number of hydrogen-bond donors (Lipinski definition) is 2. The van der Waals surface area contributed by atoms with E-state index in [1.807, 2.05) is 0 Å². The van der Waals surface area contributed by atoms with Crippen molar-refractivity contribution >= 4 is 55.2 Å². The number of anilines is 2. The molecule has 0 saturated carbocycles. The predicted octanol–water partition coefficient (Wildman–Crippen LogP) is 4.00. The quantitative estimate of drug-likeness (QED) is 0.510. The number of carbonyl (C=O) groups is 2. The highest BCUT2D eigenvalue weighted by Gasteiger charge is 2.15. The summed E-state index contributed by atoms with van der Waals surface area (Å²) in [5.74, 6) is -0.677. The normalized spacial score (nSPS) is 10.9. The Morgan fingerprint density at radius 2 is 1.93 bits per heavy atom. The average molecular weight is 393 g/mol.